The summed E-state index contributed by atoms with van der Waals surface area (Å²) in [5.41, 5.74) is 4.00. The number of hydrogen-bond donors (Lipinski definition) is 2. The summed E-state index contributed by atoms with van der Waals surface area (Å²) in [6, 6.07) is 8.36. The molecule has 1 aromatic heterocycles. The molecule has 1 atom stereocenters. The Morgan fingerprint density at radius 1 is 1.33 bits per heavy atom. The highest BCUT2D eigenvalue weighted by atomic mass is 32.1. The summed E-state index contributed by atoms with van der Waals surface area (Å²) in [7, 11) is 1.66. The van der Waals surface area contributed by atoms with Crippen LogP contribution in [0, 0.1) is 0 Å². The number of nitrogens with one attached hydrogen (secondary N) is 1. The molecule has 3 N–H and O–H groups in total. The van der Waals surface area contributed by atoms with E-state index >= 15 is 0 Å². The molecule has 0 saturated heterocycles. The van der Waals surface area contributed by atoms with Crippen molar-refractivity contribution in [1.82, 2.24) is 5.43 Å². The third-order valence-electron chi connectivity index (χ3n) is 2.80. The summed E-state index contributed by atoms with van der Waals surface area (Å²) >= 11 is 1.73. The van der Waals surface area contributed by atoms with Gasteiger partial charge >= 0.3 is 0 Å². The lowest BCUT2D eigenvalue weighted by molar-refractivity contribution is 0.0588. The number of hydrogen-bond acceptors (Lipinski definition) is 5. The van der Waals surface area contributed by atoms with Gasteiger partial charge in [0.05, 0.1) is 25.9 Å². The zero-order valence-corrected chi connectivity index (χ0v) is 11.2. The predicted molar refractivity (Wildman–Crippen MR) is 74.6 cm³/mol. The van der Waals surface area contributed by atoms with Crippen molar-refractivity contribution in [2.75, 3.05) is 26.9 Å². The maximum atomic E-state index is 5.62. The van der Waals surface area contributed by atoms with E-state index in [1.807, 2.05) is 6.07 Å². The molecule has 4 nitrogen and oxygen atoms in total. The Kier molecular flexibility index (Phi) is 5.10. The Morgan fingerprint density at radius 3 is 3.00 bits per heavy atom. The first-order chi connectivity index (χ1) is 8.86. The van der Waals surface area contributed by atoms with Crippen LogP contribution in [0.5, 0.6) is 0 Å². The van der Waals surface area contributed by atoms with E-state index in [2.05, 4.69) is 29.0 Å². The molecule has 0 saturated carbocycles. The minimum Gasteiger partial charge on any atom is -0.382 e. The zero-order valence-electron chi connectivity index (χ0n) is 10.4. The van der Waals surface area contributed by atoms with Crippen LogP contribution >= 0.6 is 11.3 Å². The summed E-state index contributed by atoms with van der Waals surface area (Å²) in [6.45, 7) is 1.71. The van der Waals surface area contributed by atoms with Crippen LogP contribution in [0.2, 0.25) is 0 Å². The standard InChI is InChI=1S/C13H18N2O2S/c1-16-6-7-17-9-12(15-14)11-4-2-3-10-5-8-18-13(10)11/h2-5,8,12,15H,6-7,9,14H2,1H3. The first-order valence-electron chi connectivity index (χ1n) is 5.85. The summed E-state index contributed by atoms with van der Waals surface area (Å²) < 4.78 is 11.8. The van der Waals surface area contributed by atoms with Gasteiger partial charge in [-0.15, -0.1) is 11.3 Å². The summed E-state index contributed by atoms with van der Waals surface area (Å²) in [6.07, 6.45) is 0. The lowest BCUT2D eigenvalue weighted by Crippen LogP contribution is -2.31. The molecule has 2 rings (SSSR count). The van der Waals surface area contributed by atoms with Crippen molar-refractivity contribution in [2.45, 2.75) is 6.04 Å². The maximum Gasteiger partial charge on any atom is 0.0707 e. The molecular weight excluding hydrogens is 248 g/mol. The molecule has 0 spiro atoms. The quantitative estimate of drug-likeness (QED) is 0.457. The molecule has 98 valence electrons. The minimum atomic E-state index is 0.00389. The lowest BCUT2D eigenvalue weighted by atomic mass is 10.1. The van der Waals surface area contributed by atoms with Gasteiger partial charge in [-0.2, -0.15) is 0 Å². The molecule has 0 fully saturated rings. The average molecular weight is 266 g/mol. The molecule has 0 aliphatic heterocycles. The largest absolute Gasteiger partial charge is 0.382 e. The normalized spacial score (nSPS) is 13.0. The molecule has 18 heavy (non-hydrogen) atoms. The monoisotopic (exact) mass is 266 g/mol. The van der Waals surface area contributed by atoms with E-state index in [9.17, 15) is 0 Å². The molecule has 0 aliphatic carbocycles. The second-order valence-electron chi connectivity index (χ2n) is 3.97. The summed E-state index contributed by atoms with van der Waals surface area (Å²) in [5.74, 6) is 5.62. The van der Waals surface area contributed by atoms with Crippen molar-refractivity contribution in [3.05, 3.63) is 35.2 Å². The fourth-order valence-electron chi connectivity index (χ4n) is 1.86. The van der Waals surface area contributed by atoms with E-state index in [0.29, 0.717) is 19.8 Å². The number of ether oxygens (including phenoxy) is 2. The van der Waals surface area contributed by atoms with Crippen LogP contribution in [0.3, 0.4) is 0 Å². The van der Waals surface area contributed by atoms with E-state index in [4.69, 9.17) is 15.3 Å². The van der Waals surface area contributed by atoms with Gasteiger partial charge in [-0.05, 0) is 22.4 Å². The van der Waals surface area contributed by atoms with E-state index in [1.54, 1.807) is 18.4 Å². The van der Waals surface area contributed by atoms with Crippen LogP contribution in [0.15, 0.2) is 29.6 Å². The number of benzene rings is 1. The van der Waals surface area contributed by atoms with Crippen LogP contribution in [-0.2, 0) is 9.47 Å². The number of methoxy groups -OCH3 is 1. The van der Waals surface area contributed by atoms with E-state index < -0.39 is 0 Å². The zero-order chi connectivity index (χ0) is 12.8. The fraction of sp³-hybridized carbons (Fsp3) is 0.385. The average Bonchev–Trinajstić information content (AvgIpc) is 2.87. The highest BCUT2D eigenvalue weighted by molar-refractivity contribution is 7.17. The van der Waals surface area contributed by atoms with Crippen molar-refractivity contribution in [3.8, 4) is 0 Å². The van der Waals surface area contributed by atoms with Gasteiger partial charge in [0.15, 0.2) is 0 Å². The number of fused-ring (bicyclic) bond motifs is 1. The Labute approximate surface area is 111 Å². The molecule has 1 unspecified atom stereocenters. The molecule has 0 bridgehead atoms. The topological polar surface area (TPSA) is 56.5 Å². The van der Waals surface area contributed by atoms with Crippen molar-refractivity contribution in [3.63, 3.8) is 0 Å². The Balaban J connectivity index is 2.09. The molecule has 0 radical (unpaired) electrons. The molecule has 0 amide bonds. The van der Waals surface area contributed by atoms with Crippen LogP contribution in [0.4, 0.5) is 0 Å². The smallest absolute Gasteiger partial charge is 0.0707 e. The molecule has 5 heteroatoms. The second-order valence-corrected chi connectivity index (χ2v) is 4.89. The second kappa shape index (κ2) is 6.82. The van der Waals surface area contributed by atoms with Gasteiger partial charge in [0.25, 0.3) is 0 Å². The number of rotatable bonds is 7. The van der Waals surface area contributed by atoms with Crippen LogP contribution in [-0.4, -0.2) is 26.9 Å². The van der Waals surface area contributed by atoms with Crippen molar-refractivity contribution < 1.29 is 9.47 Å². The Hall–Kier alpha value is -0.980. The van der Waals surface area contributed by atoms with E-state index in [-0.39, 0.29) is 6.04 Å². The maximum absolute atomic E-state index is 5.62. The number of nitrogens with two attached hydrogens (primary N) is 1. The number of hydrazine groups is 1. The van der Waals surface area contributed by atoms with Gasteiger partial charge in [-0.25, -0.2) is 0 Å². The molecule has 2 aromatic rings. The van der Waals surface area contributed by atoms with Crippen molar-refractivity contribution >= 4 is 21.4 Å². The van der Waals surface area contributed by atoms with Gasteiger partial charge in [-0.1, -0.05) is 18.2 Å². The van der Waals surface area contributed by atoms with Crippen LogP contribution in [0.25, 0.3) is 10.1 Å². The minimum absolute atomic E-state index is 0.00389. The van der Waals surface area contributed by atoms with E-state index in [0.717, 1.165) is 0 Å². The molecule has 1 aromatic carbocycles. The fourth-order valence-corrected chi connectivity index (χ4v) is 2.83. The van der Waals surface area contributed by atoms with Crippen LogP contribution < -0.4 is 11.3 Å². The Morgan fingerprint density at radius 2 is 2.22 bits per heavy atom. The molecular formula is C13H18N2O2S. The van der Waals surface area contributed by atoms with E-state index in [1.165, 1.54) is 15.6 Å². The third kappa shape index (κ3) is 3.07. The van der Waals surface area contributed by atoms with Gasteiger partial charge in [-0.3, -0.25) is 11.3 Å². The SMILES string of the molecule is COCCOCC(NN)c1cccc2ccsc12. The summed E-state index contributed by atoms with van der Waals surface area (Å²) in [4.78, 5) is 0. The van der Waals surface area contributed by atoms with Crippen molar-refractivity contribution in [1.29, 1.82) is 0 Å². The highest BCUT2D eigenvalue weighted by Crippen LogP contribution is 2.28. The van der Waals surface area contributed by atoms with Gasteiger partial charge in [0.1, 0.15) is 0 Å². The van der Waals surface area contributed by atoms with Crippen LogP contribution in [0.1, 0.15) is 11.6 Å². The van der Waals surface area contributed by atoms with Crippen molar-refractivity contribution in [2.24, 2.45) is 5.84 Å². The third-order valence-corrected chi connectivity index (χ3v) is 3.78. The summed E-state index contributed by atoms with van der Waals surface area (Å²) in [5, 5.41) is 3.34. The van der Waals surface area contributed by atoms with Gasteiger partial charge in [0.2, 0.25) is 0 Å². The Bertz CT molecular complexity index is 487. The first kappa shape index (κ1) is 13.5. The lowest BCUT2D eigenvalue weighted by Gasteiger charge is -2.17. The predicted octanol–water partition coefficient (Wildman–Crippen LogP) is 2.07. The number of thiophene rings is 1. The first-order valence-corrected chi connectivity index (χ1v) is 6.73. The molecule has 0 aliphatic rings. The molecule has 1 heterocycles. The van der Waals surface area contributed by atoms with Gasteiger partial charge < -0.3 is 9.47 Å². The van der Waals surface area contributed by atoms with Gasteiger partial charge in [0, 0.05) is 11.8 Å². The highest BCUT2D eigenvalue weighted by Gasteiger charge is 2.13.